The molecule has 0 aromatic heterocycles. The number of aryl methyl sites for hydroxylation is 1. The fourth-order valence-corrected chi connectivity index (χ4v) is 4.18. The van der Waals surface area contributed by atoms with E-state index in [1.807, 2.05) is 13.8 Å². The molecule has 0 spiro atoms. The van der Waals surface area contributed by atoms with Crippen molar-refractivity contribution in [2.75, 3.05) is 11.9 Å². The molecule has 0 aliphatic rings. The van der Waals surface area contributed by atoms with Crippen LogP contribution in [0.4, 0.5) is 10.5 Å². The van der Waals surface area contributed by atoms with Gasteiger partial charge in [0.25, 0.3) is 5.91 Å². The summed E-state index contributed by atoms with van der Waals surface area (Å²) in [4.78, 5) is 41.9. The quantitative estimate of drug-likeness (QED) is 0.319. The summed E-state index contributed by atoms with van der Waals surface area (Å²) in [5, 5.41) is 16.1. The summed E-state index contributed by atoms with van der Waals surface area (Å²) < 4.78 is 5.40. The van der Waals surface area contributed by atoms with E-state index in [-0.39, 0.29) is 18.2 Å². The molecule has 3 amide bonds. The number of hydrogen-bond acceptors (Lipinski definition) is 5. The molecule has 3 N–H and O–H groups in total. The van der Waals surface area contributed by atoms with Crippen LogP contribution in [0.2, 0.25) is 5.02 Å². The molecule has 9 heteroatoms. The number of alkyl carbamates (subject to hydrolysis) is 1. The smallest absolute Gasteiger partial charge is 0.408 e. The molecule has 0 radical (unpaired) electrons. The lowest BCUT2D eigenvalue weighted by molar-refractivity contribution is -0.141. The maximum atomic E-state index is 14.1. The van der Waals surface area contributed by atoms with E-state index in [2.05, 4.69) is 17.2 Å². The summed E-state index contributed by atoms with van der Waals surface area (Å²) in [6, 6.07) is 9.21. The van der Waals surface area contributed by atoms with Gasteiger partial charge >= 0.3 is 6.09 Å². The molecule has 3 atom stereocenters. The number of halogens is 1. The van der Waals surface area contributed by atoms with E-state index in [1.54, 1.807) is 58.0 Å². The first-order valence-corrected chi connectivity index (χ1v) is 12.9. The van der Waals surface area contributed by atoms with Crippen LogP contribution >= 0.6 is 11.6 Å². The number of phenols is 1. The number of carbonyl (C=O) groups is 3. The number of carbonyl (C=O) groups excluding carboxylic acids is 3. The highest BCUT2D eigenvalue weighted by Gasteiger charge is 2.38. The van der Waals surface area contributed by atoms with Gasteiger partial charge in [0.15, 0.2) is 0 Å². The van der Waals surface area contributed by atoms with Crippen molar-refractivity contribution < 1.29 is 24.2 Å². The topological polar surface area (TPSA) is 108 Å². The Bertz CT molecular complexity index is 1140. The van der Waals surface area contributed by atoms with E-state index in [4.69, 9.17) is 16.3 Å². The summed E-state index contributed by atoms with van der Waals surface area (Å²) in [5.41, 5.74) is 0.777. The van der Waals surface area contributed by atoms with Crippen LogP contribution < -0.4 is 10.6 Å². The monoisotopic (exact) mass is 543 g/mol. The lowest BCUT2D eigenvalue weighted by Gasteiger charge is -2.35. The predicted molar refractivity (Wildman–Crippen MR) is 150 cm³/mol. The van der Waals surface area contributed by atoms with Crippen molar-refractivity contribution in [2.24, 2.45) is 5.92 Å². The highest BCUT2D eigenvalue weighted by molar-refractivity contribution is 6.34. The molecular formula is C29H38ClN3O5. The maximum Gasteiger partial charge on any atom is 0.408 e. The third kappa shape index (κ3) is 8.25. The molecule has 38 heavy (non-hydrogen) atoms. The fraction of sp³-hybridized carbons (Fsp3) is 0.414. The van der Waals surface area contributed by atoms with Crippen LogP contribution in [0.25, 0.3) is 0 Å². The predicted octanol–water partition coefficient (Wildman–Crippen LogP) is 5.99. The number of benzene rings is 2. The number of amides is 3. The minimum Gasteiger partial charge on any atom is -0.508 e. The van der Waals surface area contributed by atoms with Gasteiger partial charge in [0.05, 0.1) is 10.7 Å². The van der Waals surface area contributed by atoms with E-state index in [9.17, 15) is 19.5 Å². The Labute approximate surface area is 230 Å². The van der Waals surface area contributed by atoms with E-state index >= 15 is 0 Å². The summed E-state index contributed by atoms with van der Waals surface area (Å²) in [6.07, 6.45) is 1.35. The van der Waals surface area contributed by atoms with Gasteiger partial charge in [-0.25, -0.2) is 4.79 Å². The highest BCUT2D eigenvalue weighted by atomic mass is 35.5. The minimum atomic E-state index is -1.17. The summed E-state index contributed by atoms with van der Waals surface area (Å²) in [5.74, 6) is -1.38. The van der Waals surface area contributed by atoms with Crippen molar-refractivity contribution in [3.63, 3.8) is 0 Å². The molecule has 2 aromatic carbocycles. The first-order chi connectivity index (χ1) is 17.8. The zero-order valence-corrected chi connectivity index (χ0v) is 23.6. The minimum absolute atomic E-state index is 0.00296. The molecule has 0 aliphatic heterocycles. The Balaban J connectivity index is 2.57. The van der Waals surface area contributed by atoms with Crippen LogP contribution in [0.1, 0.15) is 58.2 Å². The van der Waals surface area contributed by atoms with E-state index < -0.39 is 35.6 Å². The lowest BCUT2D eigenvalue weighted by atomic mass is 9.95. The van der Waals surface area contributed by atoms with Gasteiger partial charge in [0, 0.05) is 6.54 Å². The Morgan fingerprint density at radius 1 is 1.18 bits per heavy atom. The van der Waals surface area contributed by atoms with Gasteiger partial charge in [0.2, 0.25) is 5.91 Å². The third-order valence-electron chi connectivity index (χ3n) is 5.98. The average molecular weight is 544 g/mol. The van der Waals surface area contributed by atoms with Crippen LogP contribution in [0.15, 0.2) is 55.1 Å². The molecule has 206 valence electrons. The molecule has 0 saturated carbocycles. The molecule has 0 fully saturated rings. The maximum absolute atomic E-state index is 14.1. The first-order valence-electron chi connectivity index (χ1n) is 12.5. The third-order valence-corrected chi connectivity index (χ3v) is 6.29. The van der Waals surface area contributed by atoms with Gasteiger partial charge < -0.3 is 25.4 Å². The van der Waals surface area contributed by atoms with Gasteiger partial charge in [-0.1, -0.05) is 62.2 Å². The molecule has 2 rings (SSSR count). The molecule has 0 aliphatic carbocycles. The number of nitrogens with zero attached hydrogens (tertiary/aromatic N) is 1. The van der Waals surface area contributed by atoms with Crippen LogP contribution in [-0.4, -0.2) is 46.1 Å². The molecule has 0 heterocycles. The van der Waals surface area contributed by atoms with Crippen molar-refractivity contribution in [3.8, 4) is 5.75 Å². The number of nitrogens with one attached hydrogen (secondary N) is 2. The number of rotatable bonds is 10. The second-order valence-corrected chi connectivity index (χ2v) is 10.6. The van der Waals surface area contributed by atoms with Crippen molar-refractivity contribution in [1.82, 2.24) is 10.2 Å². The molecule has 0 bridgehead atoms. The summed E-state index contributed by atoms with van der Waals surface area (Å²) in [7, 11) is 0. The standard InChI is InChI=1S/C29H38ClN3O5/c1-8-16-33(27(36)24(18(3)9-2)32-28(37)38-29(5,6)7)25(20-13-11-14-21(34)17-20)26(35)31-23-19(4)12-10-15-22(23)30/h8,10-15,17-18,24-25,34H,1,9,16H2,2-7H3,(H,31,35)(H,32,37). The van der Waals surface area contributed by atoms with Gasteiger partial charge in [-0.05, 0) is 62.9 Å². The van der Waals surface area contributed by atoms with E-state index in [0.717, 1.165) is 5.56 Å². The van der Waals surface area contributed by atoms with Crippen LogP contribution in [0, 0.1) is 12.8 Å². The Kier molecular flexibility index (Phi) is 10.8. The molecule has 8 nitrogen and oxygen atoms in total. The SMILES string of the molecule is C=CCN(C(=O)C(NC(=O)OC(C)(C)C)C(C)CC)C(C(=O)Nc1c(C)cccc1Cl)c1cccc(O)c1. The second-order valence-electron chi connectivity index (χ2n) is 10.2. The van der Waals surface area contributed by atoms with Crippen molar-refractivity contribution >= 4 is 35.2 Å². The number of hydrogen-bond donors (Lipinski definition) is 3. The van der Waals surface area contributed by atoms with Gasteiger partial charge in [-0.3, -0.25) is 9.59 Å². The van der Waals surface area contributed by atoms with Gasteiger partial charge in [-0.15, -0.1) is 6.58 Å². The largest absolute Gasteiger partial charge is 0.508 e. The number of para-hydroxylation sites is 1. The van der Waals surface area contributed by atoms with E-state index in [0.29, 0.717) is 22.7 Å². The van der Waals surface area contributed by atoms with Crippen molar-refractivity contribution in [3.05, 3.63) is 71.3 Å². The summed E-state index contributed by atoms with van der Waals surface area (Å²) in [6.45, 7) is 14.5. The highest BCUT2D eigenvalue weighted by Crippen LogP contribution is 2.31. The number of anilines is 1. The van der Waals surface area contributed by atoms with Crippen molar-refractivity contribution in [2.45, 2.75) is 65.6 Å². The average Bonchev–Trinajstić information content (AvgIpc) is 2.82. The number of ether oxygens (including phenoxy) is 1. The lowest BCUT2D eigenvalue weighted by Crippen LogP contribution is -2.54. The van der Waals surface area contributed by atoms with Crippen molar-refractivity contribution in [1.29, 1.82) is 0 Å². The molecular weight excluding hydrogens is 506 g/mol. The second kappa shape index (κ2) is 13.3. The molecule has 2 aromatic rings. The van der Waals surface area contributed by atoms with Crippen LogP contribution in [0.5, 0.6) is 5.75 Å². The Hall–Kier alpha value is -3.52. The molecule has 0 saturated heterocycles. The fourth-order valence-electron chi connectivity index (χ4n) is 3.91. The number of aromatic hydroxyl groups is 1. The Morgan fingerprint density at radius 3 is 2.39 bits per heavy atom. The van der Waals surface area contributed by atoms with Crippen LogP contribution in [0.3, 0.4) is 0 Å². The van der Waals surface area contributed by atoms with Gasteiger partial charge in [-0.2, -0.15) is 0 Å². The molecule has 3 unspecified atom stereocenters. The summed E-state index contributed by atoms with van der Waals surface area (Å²) >= 11 is 6.36. The normalized spacial score (nSPS) is 13.6. The Morgan fingerprint density at radius 2 is 1.84 bits per heavy atom. The zero-order valence-electron chi connectivity index (χ0n) is 22.9. The zero-order chi connectivity index (χ0) is 28.6. The number of phenolic OH excluding ortho intramolecular Hbond substituents is 1. The first kappa shape index (κ1) is 30.7. The van der Waals surface area contributed by atoms with Crippen LogP contribution in [-0.2, 0) is 14.3 Å². The van der Waals surface area contributed by atoms with E-state index in [1.165, 1.54) is 23.1 Å². The van der Waals surface area contributed by atoms with Gasteiger partial charge in [0.1, 0.15) is 23.4 Å².